The highest BCUT2D eigenvalue weighted by Crippen LogP contribution is 2.33. The average Bonchev–Trinajstić information content (AvgIpc) is 3.06. The Hall–Kier alpha value is -3.57. The third-order valence-corrected chi connectivity index (χ3v) is 4.44. The van der Waals surface area contributed by atoms with Crippen molar-refractivity contribution in [3.63, 3.8) is 0 Å². The number of benzene rings is 3. The van der Waals surface area contributed by atoms with Crippen molar-refractivity contribution in [1.82, 2.24) is 4.98 Å². The second-order valence-corrected chi connectivity index (χ2v) is 6.24. The zero-order chi connectivity index (χ0) is 17.9. The molecule has 4 aromatic rings. The molecule has 1 heterocycles. The molecule has 2 nitrogen and oxygen atoms in total. The summed E-state index contributed by atoms with van der Waals surface area (Å²) in [6.07, 6.45) is 0.875. The summed E-state index contributed by atoms with van der Waals surface area (Å²) in [5.41, 5.74) is 6.49. The van der Waals surface area contributed by atoms with Crippen LogP contribution >= 0.6 is 0 Å². The second kappa shape index (κ2) is 6.74. The van der Waals surface area contributed by atoms with Crippen LogP contribution in [-0.2, 0) is 0 Å². The molecule has 1 N–H and O–H groups in total. The number of aromatic amines is 1. The Balaban J connectivity index is 1.88. The first kappa shape index (κ1) is 15.9. The monoisotopic (exact) mass is 335 g/mol. The number of hydrogen-bond donors (Lipinski definition) is 1. The molecule has 0 radical (unpaired) electrons. The number of H-pyrrole nitrogens is 1. The summed E-state index contributed by atoms with van der Waals surface area (Å²) in [5, 5.41) is 1.03. The molecule has 0 atom stereocenters. The third kappa shape index (κ3) is 2.92. The normalized spacial score (nSPS) is 10.3. The van der Waals surface area contributed by atoms with Crippen LogP contribution in [0.5, 0.6) is 0 Å². The van der Waals surface area contributed by atoms with Crippen molar-refractivity contribution >= 4 is 17.2 Å². The highest BCUT2D eigenvalue weighted by atomic mass is 16.1. The third-order valence-electron chi connectivity index (χ3n) is 4.44. The molecule has 0 amide bonds. The molecular weight excluding hydrogens is 318 g/mol. The number of hydrogen-bond acceptors (Lipinski definition) is 1. The number of para-hydroxylation sites is 1. The van der Waals surface area contributed by atoms with E-state index in [0.717, 1.165) is 39.4 Å². The van der Waals surface area contributed by atoms with Crippen molar-refractivity contribution in [2.75, 3.05) is 0 Å². The smallest absolute Gasteiger partial charge is 0.166 e. The lowest BCUT2D eigenvalue weighted by atomic mass is 9.97. The van der Waals surface area contributed by atoms with E-state index in [2.05, 4.69) is 35.9 Å². The van der Waals surface area contributed by atoms with Gasteiger partial charge in [0.2, 0.25) is 0 Å². The fraction of sp³-hybridized carbons (Fsp3) is 0.0417. The summed E-state index contributed by atoms with van der Waals surface area (Å²) in [6.45, 7) is 2.06. The molecule has 26 heavy (non-hydrogen) atoms. The van der Waals surface area contributed by atoms with Crippen molar-refractivity contribution in [1.29, 1.82) is 0 Å². The molecule has 0 fully saturated rings. The van der Waals surface area contributed by atoms with Gasteiger partial charge < -0.3 is 4.98 Å². The lowest BCUT2D eigenvalue weighted by molar-refractivity contribution is 0.112. The zero-order valence-corrected chi connectivity index (χ0v) is 14.4. The highest BCUT2D eigenvalue weighted by Gasteiger charge is 2.14. The van der Waals surface area contributed by atoms with Crippen molar-refractivity contribution in [3.05, 3.63) is 95.2 Å². The number of nitrogens with one attached hydrogen (secondary N) is 1. The van der Waals surface area contributed by atoms with Crippen LogP contribution in [0.3, 0.4) is 0 Å². The quantitative estimate of drug-likeness (QED) is 0.388. The number of carbonyl (C=O) groups is 1. The fourth-order valence-electron chi connectivity index (χ4n) is 3.13. The summed E-state index contributed by atoms with van der Waals surface area (Å²) >= 11 is 0. The van der Waals surface area contributed by atoms with Crippen LogP contribution in [-0.4, -0.2) is 11.3 Å². The standard InChI is InChI=1S/C24H17NO/c1-17-10-12-18(13-11-17)14-15-19-6-2-3-7-20(19)24-21-8-4-5-9-22(21)25-23(24)16-26/h2-13,16,25H,1H3. The summed E-state index contributed by atoms with van der Waals surface area (Å²) in [5.74, 6) is 6.50. The largest absolute Gasteiger partial charge is 0.352 e. The van der Waals surface area contributed by atoms with Crippen LogP contribution in [0.25, 0.3) is 22.0 Å². The van der Waals surface area contributed by atoms with Crippen molar-refractivity contribution in [3.8, 4) is 23.0 Å². The van der Waals surface area contributed by atoms with Crippen LogP contribution < -0.4 is 0 Å². The summed E-state index contributed by atoms with van der Waals surface area (Å²) in [6, 6.07) is 24.1. The summed E-state index contributed by atoms with van der Waals surface area (Å²) < 4.78 is 0. The van der Waals surface area contributed by atoms with E-state index in [1.54, 1.807) is 0 Å². The maximum absolute atomic E-state index is 11.6. The van der Waals surface area contributed by atoms with Crippen LogP contribution in [0.15, 0.2) is 72.8 Å². The van der Waals surface area contributed by atoms with Crippen molar-refractivity contribution in [2.24, 2.45) is 0 Å². The molecule has 0 aliphatic heterocycles. The molecule has 1 aromatic heterocycles. The SMILES string of the molecule is Cc1ccc(C#Cc2ccccc2-c2c(C=O)[nH]c3ccccc23)cc1. The Morgan fingerprint density at radius 1 is 0.846 bits per heavy atom. The molecule has 124 valence electrons. The van der Waals surface area contributed by atoms with Gasteiger partial charge in [-0.1, -0.05) is 65.9 Å². The van der Waals surface area contributed by atoms with E-state index >= 15 is 0 Å². The van der Waals surface area contributed by atoms with Gasteiger partial charge in [-0.2, -0.15) is 0 Å². The minimum atomic E-state index is 0.579. The first-order valence-electron chi connectivity index (χ1n) is 8.50. The number of aromatic nitrogens is 1. The Morgan fingerprint density at radius 3 is 2.38 bits per heavy atom. The van der Waals surface area contributed by atoms with Crippen LogP contribution in [0.1, 0.15) is 27.2 Å². The Bertz CT molecular complexity index is 1150. The lowest BCUT2D eigenvalue weighted by Crippen LogP contribution is -1.88. The second-order valence-electron chi connectivity index (χ2n) is 6.24. The number of carbonyl (C=O) groups excluding carboxylic acids is 1. The Labute approximate surface area is 152 Å². The molecule has 2 heteroatoms. The van der Waals surface area contributed by atoms with E-state index in [0.29, 0.717) is 5.69 Å². The van der Waals surface area contributed by atoms with Gasteiger partial charge in [-0.25, -0.2) is 0 Å². The topological polar surface area (TPSA) is 32.9 Å². The molecule has 0 saturated carbocycles. The first-order chi connectivity index (χ1) is 12.8. The highest BCUT2D eigenvalue weighted by molar-refractivity contribution is 6.05. The van der Waals surface area contributed by atoms with Gasteiger partial charge in [0.05, 0.1) is 5.69 Å². The first-order valence-corrected chi connectivity index (χ1v) is 8.50. The van der Waals surface area contributed by atoms with Gasteiger partial charge in [0, 0.05) is 33.2 Å². The number of aldehydes is 1. The molecule has 0 unspecified atom stereocenters. The number of rotatable bonds is 2. The van der Waals surface area contributed by atoms with Crippen LogP contribution in [0.4, 0.5) is 0 Å². The Kier molecular flexibility index (Phi) is 4.13. The molecule has 0 aliphatic rings. The van der Waals surface area contributed by atoms with Gasteiger partial charge in [0.1, 0.15) is 0 Å². The maximum atomic E-state index is 11.6. The predicted octanol–water partition coefficient (Wildman–Crippen LogP) is 5.36. The number of fused-ring (bicyclic) bond motifs is 1. The van der Waals surface area contributed by atoms with Gasteiger partial charge in [-0.15, -0.1) is 0 Å². The summed E-state index contributed by atoms with van der Waals surface area (Å²) in [4.78, 5) is 14.8. The maximum Gasteiger partial charge on any atom is 0.166 e. The molecular formula is C24H17NO. The van der Waals surface area contributed by atoms with E-state index in [-0.39, 0.29) is 0 Å². The fourth-order valence-corrected chi connectivity index (χ4v) is 3.13. The lowest BCUT2D eigenvalue weighted by Gasteiger charge is -2.05. The minimum Gasteiger partial charge on any atom is -0.352 e. The minimum absolute atomic E-state index is 0.579. The van der Waals surface area contributed by atoms with E-state index < -0.39 is 0 Å². The molecule has 4 rings (SSSR count). The predicted molar refractivity (Wildman–Crippen MR) is 106 cm³/mol. The van der Waals surface area contributed by atoms with Gasteiger partial charge >= 0.3 is 0 Å². The summed E-state index contributed by atoms with van der Waals surface area (Å²) in [7, 11) is 0. The molecule has 0 saturated heterocycles. The molecule has 0 bridgehead atoms. The molecule has 0 spiro atoms. The van der Waals surface area contributed by atoms with Crippen LogP contribution in [0, 0.1) is 18.8 Å². The van der Waals surface area contributed by atoms with Gasteiger partial charge in [-0.3, -0.25) is 4.79 Å². The van der Waals surface area contributed by atoms with Crippen molar-refractivity contribution in [2.45, 2.75) is 6.92 Å². The van der Waals surface area contributed by atoms with Gasteiger partial charge in [0.25, 0.3) is 0 Å². The van der Waals surface area contributed by atoms with Gasteiger partial charge in [-0.05, 0) is 31.2 Å². The van der Waals surface area contributed by atoms with Crippen LogP contribution in [0.2, 0.25) is 0 Å². The molecule has 0 aliphatic carbocycles. The average molecular weight is 335 g/mol. The molecule has 3 aromatic carbocycles. The van der Waals surface area contributed by atoms with E-state index in [1.807, 2.05) is 60.7 Å². The van der Waals surface area contributed by atoms with Gasteiger partial charge in [0.15, 0.2) is 6.29 Å². The Morgan fingerprint density at radius 2 is 1.58 bits per heavy atom. The number of aryl methyl sites for hydroxylation is 1. The zero-order valence-electron chi connectivity index (χ0n) is 14.4. The van der Waals surface area contributed by atoms with E-state index in [9.17, 15) is 4.79 Å². The van der Waals surface area contributed by atoms with Crippen molar-refractivity contribution < 1.29 is 4.79 Å². The van der Waals surface area contributed by atoms with E-state index in [1.165, 1.54) is 5.56 Å². The van der Waals surface area contributed by atoms with E-state index in [4.69, 9.17) is 0 Å².